The van der Waals surface area contributed by atoms with E-state index in [-0.39, 0.29) is 4.75 Å². The van der Waals surface area contributed by atoms with Crippen LogP contribution < -0.4 is 9.47 Å². The molecule has 1 aromatic heterocycles. The van der Waals surface area contributed by atoms with E-state index in [9.17, 15) is 0 Å². The zero-order valence-corrected chi connectivity index (χ0v) is 14.6. The lowest BCUT2D eigenvalue weighted by Gasteiger charge is -2.32. The Labute approximate surface area is 140 Å². The molecule has 0 radical (unpaired) electrons. The van der Waals surface area contributed by atoms with Gasteiger partial charge in [-0.2, -0.15) is 11.8 Å². The molecule has 2 aromatic rings. The molecular formula is C17H21NO2S2. The number of H-pyrrole nitrogens is 1. The number of aromatic nitrogens is 1. The number of nitrogens with one attached hydrogen (secondary N) is 1. The second-order valence-corrected chi connectivity index (χ2v) is 7.77. The molecule has 1 aliphatic rings. The summed E-state index contributed by atoms with van der Waals surface area (Å²) in [4.78, 5) is 3.43. The van der Waals surface area contributed by atoms with E-state index in [4.69, 9.17) is 9.47 Å². The maximum Gasteiger partial charge on any atom is 0.122 e. The summed E-state index contributed by atoms with van der Waals surface area (Å²) in [6, 6.07) is 10.5. The van der Waals surface area contributed by atoms with Gasteiger partial charge in [0.2, 0.25) is 0 Å². The largest absolute Gasteiger partial charge is 0.497 e. The highest BCUT2D eigenvalue weighted by Crippen LogP contribution is 2.48. The molecule has 0 unspecified atom stereocenters. The molecule has 3 nitrogen and oxygen atoms in total. The van der Waals surface area contributed by atoms with Gasteiger partial charge in [0.1, 0.15) is 11.5 Å². The lowest BCUT2D eigenvalue weighted by atomic mass is 9.96. The summed E-state index contributed by atoms with van der Waals surface area (Å²) in [7, 11) is 3.41. The fourth-order valence-electron chi connectivity index (χ4n) is 2.76. The van der Waals surface area contributed by atoms with E-state index in [1.807, 2.05) is 35.8 Å². The Hall–Kier alpha value is -1.20. The highest BCUT2D eigenvalue weighted by Gasteiger charge is 2.37. The smallest absolute Gasteiger partial charge is 0.122 e. The summed E-state index contributed by atoms with van der Waals surface area (Å²) in [6.45, 7) is 0. The van der Waals surface area contributed by atoms with Crippen LogP contribution in [0.5, 0.6) is 11.5 Å². The third-order valence-electron chi connectivity index (χ3n) is 3.94. The van der Waals surface area contributed by atoms with Crippen LogP contribution in [0.1, 0.15) is 17.7 Å². The van der Waals surface area contributed by atoms with Crippen LogP contribution in [0.15, 0.2) is 36.5 Å². The first-order chi connectivity index (χ1) is 10.8. The molecule has 0 amide bonds. The number of ether oxygens (including phenoxy) is 2. The van der Waals surface area contributed by atoms with E-state index < -0.39 is 0 Å². The van der Waals surface area contributed by atoms with Gasteiger partial charge in [0, 0.05) is 23.7 Å². The average Bonchev–Trinajstić information content (AvgIpc) is 2.99. The summed E-state index contributed by atoms with van der Waals surface area (Å²) >= 11 is 4.04. The standard InChI is InChI=1S/C17H21NO2S2/c1-19-14-9-13(10-15(11-14)20-2)17(16-5-3-6-18-16)12-21-7-4-8-22-17/h3,5-6,9-11,18H,4,7-8,12H2,1-2H3/t17-/m1/s1. The summed E-state index contributed by atoms with van der Waals surface area (Å²) in [5, 5.41) is 0. The molecule has 1 aromatic carbocycles. The topological polar surface area (TPSA) is 34.2 Å². The minimum Gasteiger partial charge on any atom is -0.497 e. The molecule has 1 aliphatic heterocycles. The maximum atomic E-state index is 5.48. The van der Waals surface area contributed by atoms with Gasteiger partial charge in [0.25, 0.3) is 0 Å². The Morgan fingerprint density at radius 3 is 2.50 bits per heavy atom. The number of thioether (sulfide) groups is 2. The first-order valence-corrected chi connectivity index (χ1v) is 9.51. The molecule has 1 fully saturated rings. The van der Waals surface area contributed by atoms with Crippen molar-refractivity contribution in [3.63, 3.8) is 0 Å². The van der Waals surface area contributed by atoms with E-state index in [1.54, 1.807) is 14.2 Å². The maximum absolute atomic E-state index is 5.48. The quantitative estimate of drug-likeness (QED) is 0.910. The van der Waals surface area contributed by atoms with Gasteiger partial charge in [-0.15, -0.1) is 11.8 Å². The molecule has 118 valence electrons. The highest BCUT2D eigenvalue weighted by molar-refractivity contribution is 8.04. The van der Waals surface area contributed by atoms with Crippen molar-refractivity contribution in [2.24, 2.45) is 0 Å². The van der Waals surface area contributed by atoms with Crippen molar-refractivity contribution in [3.8, 4) is 11.5 Å². The summed E-state index contributed by atoms with van der Waals surface area (Å²) < 4.78 is 10.9. The summed E-state index contributed by atoms with van der Waals surface area (Å²) in [5.41, 5.74) is 2.49. The lowest BCUT2D eigenvalue weighted by molar-refractivity contribution is 0.393. The predicted octanol–water partition coefficient (Wildman–Crippen LogP) is 4.15. The van der Waals surface area contributed by atoms with Crippen molar-refractivity contribution < 1.29 is 9.47 Å². The number of benzene rings is 1. The summed E-state index contributed by atoms with van der Waals surface area (Å²) in [5.74, 6) is 5.11. The Kier molecular flexibility index (Phi) is 4.93. The molecule has 5 heteroatoms. The van der Waals surface area contributed by atoms with Gasteiger partial charge < -0.3 is 14.5 Å². The van der Waals surface area contributed by atoms with Gasteiger partial charge in [0.15, 0.2) is 0 Å². The van der Waals surface area contributed by atoms with Crippen LogP contribution in [-0.2, 0) is 4.75 Å². The van der Waals surface area contributed by atoms with Crippen LogP contribution in [0.2, 0.25) is 0 Å². The van der Waals surface area contributed by atoms with Crippen molar-refractivity contribution in [1.82, 2.24) is 4.98 Å². The predicted molar refractivity (Wildman–Crippen MR) is 95.5 cm³/mol. The fourth-order valence-corrected chi connectivity index (χ4v) is 5.84. The first kappa shape index (κ1) is 15.7. The van der Waals surface area contributed by atoms with Crippen LogP contribution in [0, 0.1) is 0 Å². The van der Waals surface area contributed by atoms with Crippen LogP contribution in [0.4, 0.5) is 0 Å². The zero-order chi connectivity index (χ0) is 15.4. The third kappa shape index (κ3) is 2.97. The summed E-state index contributed by atoms with van der Waals surface area (Å²) in [6.07, 6.45) is 3.25. The number of rotatable bonds is 4. The minimum absolute atomic E-state index is 0.0769. The SMILES string of the molecule is COc1cc(OC)cc([C@@]2(c3ccc[nH]3)CSCCCS2)c1. The van der Waals surface area contributed by atoms with Crippen LogP contribution in [0.3, 0.4) is 0 Å². The van der Waals surface area contributed by atoms with E-state index >= 15 is 0 Å². The number of hydrogen-bond acceptors (Lipinski definition) is 4. The molecule has 1 atom stereocenters. The van der Waals surface area contributed by atoms with E-state index in [0.717, 1.165) is 23.0 Å². The van der Waals surface area contributed by atoms with Gasteiger partial charge in [0.05, 0.1) is 19.0 Å². The zero-order valence-electron chi connectivity index (χ0n) is 12.9. The molecule has 2 heterocycles. The normalized spacial score (nSPS) is 22.1. The van der Waals surface area contributed by atoms with Crippen molar-refractivity contribution in [3.05, 3.63) is 47.8 Å². The molecule has 1 N–H and O–H groups in total. The van der Waals surface area contributed by atoms with Crippen molar-refractivity contribution in [2.45, 2.75) is 11.2 Å². The van der Waals surface area contributed by atoms with Gasteiger partial charge in [-0.3, -0.25) is 0 Å². The molecule has 0 saturated carbocycles. The van der Waals surface area contributed by atoms with E-state index in [0.29, 0.717) is 0 Å². The average molecular weight is 335 g/mol. The van der Waals surface area contributed by atoms with E-state index in [2.05, 4.69) is 29.2 Å². The first-order valence-electron chi connectivity index (χ1n) is 7.37. The molecule has 0 bridgehead atoms. The Balaban J connectivity index is 2.13. The van der Waals surface area contributed by atoms with Gasteiger partial charge in [-0.25, -0.2) is 0 Å². The number of methoxy groups -OCH3 is 2. The van der Waals surface area contributed by atoms with Crippen molar-refractivity contribution in [2.75, 3.05) is 31.5 Å². The number of hydrogen-bond donors (Lipinski definition) is 1. The number of aromatic amines is 1. The Morgan fingerprint density at radius 2 is 1.86 bits per heavy atom. The van der Waals surface area contributed by atoms with Gasteiger partial charge in [-0.05, 0) is 47.8 Å². The second-order valence-electron chi connectivity index (χ2n) is 5.27. The Morgan fingerprint density at radius 1 is 1.09 bits per heavy atom. The molecular weight excluding hydrogens is 314 g/mol. The monoisotopic (exact) mass is 335 g/mol. The lowest BCUT2D eigenvalue weighted by Crippen LogP contribution is -2.27. The minimum atomic E-state index is -0.0769. The third-order valence-corrected chi connectivity index (χ3v) is 6.92. The fraction of sp³-hybridized carbons (Fsp3) is 0.412. The molecule has 0 spiro atoms. The van der Waals surface area contributed by atoms with Gasteiger partial charge >= 0.3 is 0 Å². The molecule has 0 aliphatic carbocycles. The van der Waals surface area contributed by atoms with Crippen molar-refractivity contribution in [1.29, 1.82) is 0 Å². The molecule has 22 heavy (non-hydrogen) atoms. The van der Waals surface area contributed by atoms with Crippen LogP contribution in [0.25, 0.3) is 0 Å². The highest BCUT2D eigenvalue weighted by atomic mass is 32.2. The van der Waals surface area contributed by atoms with Gasteiger partial charge in [-0.1, -0.05) is 0 Å². The molecule has 3 rings (SSSR count). The van der Waals surface area contributed by atoms with Crippen molar-refractivity contribution >= 4 is 23.5 Å². The Bertz CT molecular complexity index is 583. The van der Waals surface area contributed by atoms with E-state index in [1.165, 1.54) is 23.4 Å². The van der Waals surface area contributed by atoms with Crippen LogP contribution >= 0.6 is 23.5 Å². The second kappa shape index (κ2) is 6.92. The molecule has 1 saturated heterocycles. The van der Waals surface area contributed by atoms with Crippen LogP contribution in [-0.4, -0.2) is 36.5 Å².